The first-order valence-corrected chi connectivity index (χ1v) is 7.48. The van der Waals surface area contributed by atoms with E-state index in [2.05, 4.69) is 12.2 Å². The number of benzene rings is 1. The van der Waals surface area contributed by atoms with E-state index in [0.717, 1.165) is 37.9 Å². The molecule has 1 amide bonds. The largest absolute Gasteiger partial charge is 0.494 e. The van der Waals surface area contributed by atoms with Crippen LogP contribution in [0.3, 0.4) is 0 Å². The van der Waals surface area contributed by atoms with E-state index in [9.17, 15) is 4.79 Å². The highest BCUT2D eigenvalue weighted by atomic mass is 16.5. The van der Waals surface area contributed by atoms with E-state index in [4.69, 9.17) is 10.5 Å². The van der Waals surface area contributed by atoms with Gasteiger partial charge in [-0.25, -0.2) is 0 Å². The number of carbonyl (C=O) groups excluding carboxylic acids is 1. The highest BCUT2D eigenvalue weighted by molar-refractivity contribution is 5.94. The van der Waals surface area contributed by atoms with Crippen molar-refractivity contribution >= 4 is 5.91 Å². The average molecular weight is 276 g/mol. The average Bonchev–Trinajstić information content (AvgIpc) is 2.48. The molecule has 4 heteroatoms. The van der Waals surface area contributed by atoms with Crippen LogP contribution in [-0.4, -0.2) is 24.6 Å². The van der Waals surface area contributed by atoms with Crippen LogP contribution in [0.1, 0.15) is 49.4 Å². The highest BCUT2D eigenvalue weighted by Crippen LogP contribution is 2.18. The summed E-state index contributed by atoms with van der Waals surface area (Å²) in [6.45, 7) is 2.73. The van der Waals surface area contributed by atoms with Gasteiger partial charge in [0.05, 0.1) is 6.61 Å². The fourth-order valence-electron chi connectivity index (χ4n) is 2.48. The summed E-state index contributed by atoms with van der Waals surface area (Å²) in [5.74, 6) is 0.734. The summed E-state index contributed by atoms with van der Waals surface area (Å²) in [4.78, 5) is 12.2. The highest BCUT2D eigenvalue weighted by Gasteiger charge is 2.20. The van der Waals surface area contributed by atoms with Crippen LogP contribution in [0, 0.1) is 0 Å². The van der Waals surface area contributed by atoms with Crippen molar-refractivity contribution in [3.8, 4) is 5.75 Å². The first-order chi connectivity index (χ1) is 9.69. The van der Waals surface area contributed by atoms with Gasteiger partial charge in [0.1, 0.15) is 5.75 Å². The Kier molecular flexibility index (Phi) is 5.41. The van der Waals surface area contributed by atoms with Crippen LogP contribution >= 0.6 is 0 Å². The van der Waals surface area contributed by atoms with Crippen molar-refractivity contribution in [1.82, 2.24) is 5.32 Å². The van der Waals surface area contributed by atoms with Gasteiger partial charge in [0.25, 0.3) is 5.91 Å². The second-order valence-electron chi connectivity index (χ2n) is 5.46. The minimum absolute atomic E-state index is 0.0209. The Morgan fingerprint density at radius 2 is 2.10 bits per heavy atom. The standard InChI is InChI=1S/C16H24N2O2/c1-2-10-20-15-5-3-4-12(11-15)16(19)18-14-8-6-13(17)7-9-14/h3-5,11,13-14H,2,6-10,17H2,1H3,(H,18,19). The molecule has 0 spiro atoms. The Balaban J connectivity index is 1.91. The SMILES string of the molecule is CCCOc1cccc(C(=O)NC2CCC(N)CC2)c1. The van der Waals surface area contributed by atoms with Gasteiger partial charge in [0.15, 0.2) is 0 Å². The molecule has 3 N–H and O–H groups in total. The molecule has 0 atom stereocenters. The number of rotatable bonds is 5. The number of hydrogen-bond acceptors (Lipinski definition) is 3. The Hall–Kier alpha value is -1.55. The second-order valence-corrected chi connectivity index (χ2v) is 5.46. The van der Waals surface area contributed by atoms with Gasteiger partial charge in [-0.3, -0.25) is 4.79 Å². The molecule has 0 saturated heterocycles. The summed E-state index contributed by atoms with van der Waals surface area (Å²) < 4.78 is 5.55. The molecule has 20 heavy (non-hydrogen) atoms. The minimum atomic E-state index is -0.0209. The summed E-state index contributed by atoms with van der Waals surface area (Å²) in [5.41, 5.74) is 6.54. The van der Waals surface area contributed by atoms with Gasteiger partial charge in [0, 0.05) is 17.6 Å². The topological polar surface area (TPSA) is 64.3 Å². The maximum absolute atomic E-state index is 12.2. The molecule has 2 rings (SSSR count). The molecule has 110 valence electrons. The van der Waals surface area contributed by atoms with Gasteiger partial charge in [0.2, 0.25) is 0 Å². The molecule has 0 aliphatic heterocycles. The molecule has 1 saturated carbocycles. The van der Waals surface area contributed by atoms with Gasteiger partial charge >= 0.3 is 0 Å². The van der Waals surface area contributed by atoms with Crippen molar-refractivity contribution in [2.75, 3.05) is 6.61 Å². The first kappa shape index (κ1) is 14.9. The Labute approximate surface area is 120 Å². The lowest BCUT2D eigenvalue weighted by molar-refractivity contribution is 0.0925. The van der Waals surface area contributed by atoms with Gasteiger partial charge in [-0.05, 0) is 50.3 Å². The molecule has 0 radical (unpaired) electrons. The molecule has 1 aromatic carbocycles. The van der Waals surface area contributed by atoms with Gasteiger partial charge < -0.3 is 15.8 Å². The molecular formula is C16H24N2O2. The third-order valence-electron chi connectivity index (χ3n) is 3.68. The van der Waals surface area contributed by atoms with Crippen molar-refractivity contribution in [3.63, 3.8) is 0 Å². The second kappa shape index (κ2) is 7.29. The third kappa shape index (κ3) is 4.23. The third-order valence-corrected chi connectivity index (χ3v) is 3.68. The normalized spacial score (nSPS) is 22.3. The molecule has 1 aliphatic carbocycles. The molecule has 4 nitrogen and oxygen atoms in total. The molecular weight excluding hydrogens is 252 g/mol. The maximum atomic E-state index is 12.2. The molecule has 1 aliphatic rings. The number of ether oxygens (including phenoxy) is 1. The summed E-state index contributed by atoms with van der Waals surface area (Å²) in [6, 6.07) is 7.92. The zero-order valence-electron chi connectivity index (χ0n) is 12.1. The van der Waals surface area contributed by atoms with Gasteiger partial charge in [-0.2, -0.15) is 0 Å². The summed E-state index contributed by atoms with van der Waals surface area (Å²) >= 11 is 0. The fourth-order valence-corrected chi connectivity index (χ4v) is 2.48. The fraction of sp³-hybridized carbons (Fsp3) is 0.562. The lowest BCUT2D eigenvalue weighted by atomic mass is 9.91. The Bertz CT molecular complexity index is 440. The van der Waals surface area contributed by atoms with Gasteiger partial charge in [-0.15, -0.1) is 0 Å². The monoisotopic (exact) mass is 276 g/mol. The van der Waals surface area contributed by atoms with E-state index in [1.807, 2.05) is 18.2 Å². The minimum Gasteiger partial charge on any atom is -0.494 e. The zero-order chi connectivity index (χ0) is 14.4. The van der Waals surface area contributed by atoms with Crippen LogP contribution in [0.2, 0.25) is 0 Å². The molecule has 1 fully saturated rings. The number of carbonyl (C=O) groups is 1. The molecule has 0 aromatic heterocycles. The van der Waals surface area contributed by atoms with Crippen LogP contribution in [0.4, 0.5) is 0 Å². The van der Waals surface area contributed by atoms with E-state index >= 15 is 0 Å². The predicted octanol–water partition coefficient (Wildman–Crippen LogP) is 2.48. The summed E-state index contributed by atoms with van der Waals surface area (Å²) in [6.07, 6.45) is 4.88. The Morgan fingerprint density at radius 1 is 1.35 bits per heavy atom. The first-order valence-electron chi connectivity index (χ1n) is 7.48. The smallest absolute Gasteiger partial charge is 0.251 e. The van der Waals surface area contributed by atoms with Crippen molar-refractivity contribution in [2.45, 2.75) is 51.1 Å². The van der Waals surface area contributed by atoms with Crippen LogP contribution in [0.25, 0.3) is 0 Å². The van der Waals surface area contributed by atoms with Crippen molar-refractivity contribution in [2.24, 2.45) is 5.73 Å². The van der Waals surface area contributed by atoms with E-state index in [1.165, 1.54) is 0 Å². The molecule has 0 unspecified atom stereocenters. The lowest BCUT2D eigenvalue weighted by Crippen LogP contribution is -2.40. The van der Waals surface area contributed by atoms with E-state index in [-0.39, 0.29) is 11.9 Å². The van der Waals surface area contributed by atoms with Gasteiger partial charge in [-0.1, -0.05) is 13.0 Å². The quantitative estimate of drug-likeness (QED) is 0.868. The summed E-state index contributed by atoms with van der Waals surface area (Å²) in [5, 5.41) is 3.09. The van der Waals surface area contributed by atoms with Crippen molar-refractivity contribution in [1.29, 1.82) is 0 Å². The van der Waals surface area contributed by atoms with Crippen LogP contribution < -0.4 is 15.8 Å². The molecule has 0 heterocycles. The van der Waals surface area contributed by atoms with E-state index in [1.54, 1.807) is 6.07 Å². The number of nitrogens with one attached hydrogen (secondary N) is 1. The Morgan fingerprint density at radius 3 is 2.80 bits per heavy atom. The van der Waals surface area contributed by atoms with Crippen molar-refractivity contribution in [3.05, 3.63) is 29.8 Å². The summed E-state index contributed by atoms with van der Waals surface area (Å²) in [7, 11) is 0. The number of amides is 1. The van der Waals surface area contributed by atoms with E-state index in [0.29, 0.717) is 18.2 Å². The molecule has 1 aromatic rings. The van der Waals surface area contributed by atoms with Crippen LogP contribution in [0.5, 0.6) is 5.75 Å². The van der Waals surface area contributed by atoms with Crippen LogP contribution in [0.15, 0.2) is 24.3 Å². The zero-order valence-corrected chi connectivity index (χ0v) is 12.1. The number of hydrogen-bond donors (Lipinski definition) is 2. The van der Waals surface area contributed by atoms with E-state index < -0.39 is 0 Å². The van der Waals surface area contributed by atoms with Crippen molar-refractivity contribution < 1.29 is 9.53 Å². The maximum Gasteiger partial charge on any atom is 0.251 e. The van der Waals surface area contributed by atoms with Crippen LogP contribution in [-0.2, 0) is 0 Å². The lowest BCUT2D eigenvalue weighted by Gasteiger charge is -2.26. The predicted molar refractivity (Wildman–Crippen MR) is 79.9 cm³/mol. The molecule has 0 bridgehead atoms. The number of nitrogens with two attached hydrogens (primary N) is 1.